The number of fused-ring (bicyclic) bond motifs is 1. The number of hydrogen-bond donors (Lipinski definition) is 1. The zero-order valence-corrected chi connectivity index (χ0v) is 17.6. The number of hydrogen-bond acceptors (Lipinski definition) is 4. The van der Waals surface area contributed by atoms with Gasteiger partial charge in [0.05, 0.1) is 6.61 Å². The molecule has 5 heteroatoms. The van der Waals surface area contributed by atoms with Crippen molar-refractivity contribution >= 4 is 17.7 Å². The van der Waals surface area contributed by atoms with Gasteiger partial charge >= 0.3 is 0 Å². The predicted octanol–water partition coefficient (Wildman–Crippen LogP) is 4.49. The molecule has 0 radical (unpaired) electrons. The number of carbonyl (C=O) groups excluding carboxylic acids is 1. The van der Waals surface area contributed by atoms with Crippen molar-refractivity contribution in [3.8, 4) is 5.75 Å². The van der Waals surface area contributed by atoms with Gasteiger partial charge in [-0.1, -0.05) is 30.3 Å². The fraction of sp³-hybridized carbons (Fsp3) is 0.400. The van der Waals surface area contributed by atoms with Crippen LogP contribution >= 0.6 is 0 Å². The molecule has 2 aromatic rings. The summed E-state index contributed by atoms with van der Waals surface area (Å²) in [6.07, 6.45) is 5.65. The van der Waals surface area contributed by atoms with Gasteiger partial charge in [-0.2, -0.15) is 0 Å². The van der Waals surface area contributed by atoms with Gasteiger partial charge in [-0.15, -0.1) is 0 Å². The number of ether oxygens (including phenoxy) is 2. The largest absolute Gasteiger partial charge is 0.493 e. The molecular weight excluding hydrogens is 376 g/mol. The van der Waals surface area contributed by atoms with Crippen molar-refractivity contribution in [2.24, 2.45) is 0 Å². The number of rotatable bonds is 5. The van der Waals surface area contributed by atoms with Gasteiger partial charge in [-0.3, -0.25) is 9.69 Å². The van der Waals surface area contributed by atoms with E-state index in [-0.39, 0.29) is 5.91 Å². The minimum Gasteiger partial charge on any atom is -0.493 e. The Bertz CT molecular complexity index is 886. The first kappa shape index (κ1) is 20.6. The summed E-state index contributed by atoms with van der Waals surface area (Å²) in [6.45, 7) is 3.23. The van der Waals surface area contributed by atoms with Crippen molar-refractivity contribution in [1.29, 1.82) is 0 Å². The van der Waals surface area contributed by atoms with Crippen molar-refractivity contribution in [3.63, 3.8) is 0 Å². The Morgan fingerprint density at radius 1 is 1.07 bits per heavy atom. The van der Waals surface area contributed by atoms with E-state index in [4.69, 9.17) is 9.47 Å². The Morgan fingerprint density at radius 2 is 1.83 bits per heavy atom. The highest BCUT2D eigenvalue weighted by Crippen LogP contribution is 2.26. The van der Waals surface area contributed by atoms with Crippen LogP contribution in [0.15, 0.2) is 54.1 Å². The molecule has 2 aromatic carbocycles. The number of nitrogens with one attached hydrogen (secondary N) is 1. The molecule has 4 rings (SSSR count). The fourth-order valence-electron chi connectivity index (χ4n) is 4.06. The van der Waals surface area contributed by atoms with Gasteiger partial charge in [0.1, 0.15) is 5.75 Å². The maximum atomic E-state index is 12.9. The van der Waals surface area contributed by atoms with E-state index in [0.717, 1.165) is 61.6 Å². The lowest BCUT2D eigenvalue weighted by molar-refractivity contribution is -0.112. The van der Waals surface area contributed by atoms with Gasteiger partial charge in [0.15, 0.2) is 0 Å². The summed E-state index contributed by atoms with van der Waals surface area (Å²) >= 11 is 0. The smallest absolute Gasteiger partial charge is 0.251 e. The van der Waals surface area contributed by atoms with Crippen LogP contribution in [0, 0.1) is 0 Å². The van der Waals surface area contributed by atoms with E-state index in [0.29, 0.717) is 19.1 Å². The van der Waals surface area contributed by atoms with E-state index in [1.165, 1.54) is 5.56 Å². The number of nitrogens with zero attached hydrogens (tertiary/aromatic N) is 1. The highest BCUT2D eigenvalue weighted by atomic mass is 16.5. The molecule has 30 heavy (non-hydrogen) atoms. The molecule has 1 saturated heterocycles. The summed E-state index contributed by atoms with van der Waals surface area (Å²) in [5.41, 5.74) is 3.81. The molecule has 158 valence electrons. The maximum absolute atomic E-state index is 12.9. The SMILES string of the molecule is CN(Cc1ccc(NC(=O)/C2=C/c3ccccc3OCCC2)cc1)C1CCOCC1. The molecule has 0 aliphatic carbocycles. The summed E-state index contributed by atoms with van der Waals surface area (Å²) in [4.78, 5) is 15.3. The monoisotopic (exact) mass is 406 g/mol. The fourth-order valence-corrected chi connectivity index (χ4v) is 4.06. The second kappa shape index (κ2) is 9.92. The van der Waals surface area contributed by atoms with Crippen molar-refractivity contribution in [2.45, 2.75) is 38.3 Å². The minimum absolute atomic E-state index is 0.0428. The molecule has 0 aromatic heterocycles. The van der Waals surface area contributed by atoms with Gasteiger partial charge in [0.2, 0.25) is 0 Å². The van der Waals surface area contributed by atoms with Crippen molar-refractivity contribution < 1.29 is 14.3 Å². The average Bonchev–Trinajstić information content (AvgIpc) is 2.76. The molecule has 2 aliphatic rings. The van der Waals surface area contributed by atoms with E-state index in [9.17, 15) is 4.79 Å². The molecule has 2 aliphatic heterocycles. The zero-order valence-electron chi connectivity index (χ0n) is 17.6. The predicted molar refractivity (Wildman–Crippen MR) is 120 cm³/mol. The Balaban J connectivity index is 1.39. The van der Waals surface area contributed by atoms with Crippen LogP contribution in [0.5, 0.6) is 5.75 Å². The summed E-state index contributed by atoms with van der Waals surface area (Å²) in [6, 6.07) is 16.6. The van der Waals surface area contributed by atoms with Gasteiger partial charge in [0, 0.05) is 42.6 Å². The van der Waals surface area contributed by atoms with Crippen LogP contribution in [-0.2, 0) is 16.1 Å². The van der Waals surface area contributed by atoms with Crippen LogP contribution < -0.4 is 10.1 Å². The third kappa shape index (κ3) is 5.29. The second-order valence-corrected chi connectivity index (χ2v) is 8.07. The minimum atomic E-state index is -0.0428. The van der Waals surface area contributed by atoms with Crippen molar-refractivity contribution in [3.05, 3.63) is 65.2 Å². The summed E-state index contributed by atoms with van der Waals surface area (Å²) in [7, 11) is 2.17. The van der Waals surface area contributed by atoms with Gasteiger partial charge in [-0.05, 0) is 62.6 Å². The molecule has 2 heterocycles. The number of benzene rings is 2. The Hall–Kier alpha value is -2.63. The number of amides is 1. The standard InChI is InChI=1S/C25H30N2O3/c1-27(23-12-15-29-16-13-23)18-19-8-10-22(11-9-19)26-25(28)21-6-4-14-30-24-7-3-2-5-20(24)17-21/h2-3,5,7-11,17,23H,4,6,12-16,18H2,1H3,(H,26,28)/b21-17+. The second-order valence-electron chi connectivity index (χ2n) is 8.07. The van der Waals surface area contributed by atoms with Crippen LogP contribution in [0.1, 0.15) is 36.8 Å². The highest BCUT2D eigenvalue weighted by molar-refractivity contribution is 6.06. The molecule has 1 fully saturated rings. The van der Waals surface area contributed by atoms with Crippen molar-refractivity contribution in [1.82, 2.24) is 4.90 Å². The van der Waals surface area contributed by atoms with E-state index in [1.807, 2.05) is 42.5 Å². The molecule has 0 unspecified atom stereocenters. The van der Waals surface area contributed by atoms with Crippen LogP contribution in [0.25, 0.3) is 6.08 Å². The lowest BCUT2D eigenvalue weighted by Crippen LogP contribution is -2.36. The summed E-state index contributed by atoms with van der Waals surface area (Å²) in [5.74, 6) is 0.791. The lowest BCUT2D eigenvalue weighted by atomic mass is 10.0. The quantitative estimate of drug-likeness (QED) is 0.795. The summed E-state index contributed by atoms with van der Waals surface area (Å²) in [5, 5.41) is 3.06. The molecule has 0 spiro atoms. The third-order valence-electron chi connectivity index (χ3n) is 5.85. The zero-order chi connectivity index (χ0) is 20.8. The molecule has 0 atom stereocenters. The molecule has 0 saturated carbocycles. The van der Waals surface area contributed by atoms with E-state index < -0.39 is 0 Å². The normalized spacial score (nSPS) is 19.1. The third-order valence-corrected chi connectivity index (χ3v) is 5.85. The van der Waals surface area contributed by atoms with Gasteiger partial charge in [0.25, 0.3) is 5.91 Å². The van der Waals surface area contributed by atoms with Crippen molar-refractivity contribution in [2.75, 3.05) is 32.2 Å². The first-order valence-corrected chi connectivity index (χ1v) is 10.8. The van der Waals surface area contributed by atoms with E-state index in [2.05, 4.69) is 29.4 Å². The summed E-state index contributed by atoms with van der Waals surface area (Å²) < 4.78 is 11.2. The number of para-hydroxylation sites is 1. The van der Waals surface area contributed by atoms with Crippen LogP contribution in [0.2, 0.25) is 0 Å². The van der Waals surface area contributed by atoms with Crippen LogP contribution in [-0.4, -0.2) is 43.7 Å². The first-order valence-electron chi connectivity index (χ1n) is 10.8. The van der Waals surface area contributed by atoms with Crippen LogP contribution in [0.3, 0.4) is 0 Å². The van der Waals surface area contributed by atoms with E-state index >= 15 is 0 Å². The average molecular weight is 407 g/mol. The maximum Gasteiger partial charge on any atom is 0.251 e. The molecular formula is C25H30N2O3. The molecule has 1 amide bonds. The van der Waals surface area contributed by atoms with Gasteiger partial charge < -0.3 is 14.8 Å². The molecule has 5 nitrogen and oxygen atoms in total. The molecule has 0 bridgehead atoms. The first-order chi connectivity index (χ1) is 14.7. The molecule has 1 N–H and O–H groups in total. The topological polar surface area (TPSA) is 50.8 Å². The van der Waals surface area contributed by atoms with E-state index in [1.54, 1.807) is 0 Å². The Kier molecular flexibility index (Phi) is 6.82. The lowest BCUT2D eigenvalue weighted by Gasteiger charge is -2.31. The number of carbonyl (C=O) groups is 1. The highest BCUT2D eigenvalue weighted by Gasteiger charge is 2.18. The van der Waals surface area contributed by atoms with Gasteiger partial charge in [-0.25, -0.2) is 0 Å². The number of anilines is 1. The Morgan fingerprint density at radius 3 is 2.63 bits per heavy atom. The van der Waals surface area contributed by atoms with Crippen LogP contribution in [0.4, 0.5) is 5.69 Å². The Labute approximate surface area is 178 Å².